The lowest BCUT2D eigenvalue weighted by molar-refractivity contribution is 0.311. The summed E-state index contributed by atoms with van der Waals surface area (Å²) in [7, 11) is 3.47. The molecule has 3 rings (SSSR count). The number of rotatable bonds is 2. The number of nitrogens with one attached hydrogen (secondary N) is 1. The zero-order valence-corrected chi connectivity index (χ0v) is 11.2. The maximum Gasteiger partial charge on any atom is 0.126 e. The summed E-state index contributed by atoms with van der Waals surface area (Å²) < 4.78 is 10.9. The fourth-order valence-electron chi connectivity index (χ4n) is 3.47. The molecular formula is C15H21NO2. The van der Waals surface area contributed by atoms with Crippen molar-refractivity contribution < 1.29 is 9.47 Å². The van der Waals surface area contributed by atoms with E-state index in [4.69, 9.17) is 9.47 Å². The Balaban J connectivity index is 2.05. The quantitative estimate of drug-likeness (QED) is 0.871. The first-order valence-electron chi connectivity index (χ1n) is 6.81. The van der Waals surface area contributed by atoms with E-state index in [1.807, 2.05) is 6.07 Å². The highest BCUT2D eigenvalue weighted by molar-refractivity contribution is 5.50. The van der Waals surface area contributed by atoms with Crippen LogP contribution >= 0.6 is 0 Å². The molecule has 0 saturated carbocycles. The number of benzene rings is 1. The second-order valence-corrected chi connectivity index (χ2v) is 5.25. The second-order valence-electron chi connectivity index (χ2n) is 5.25. The Morgan fingerprint density at radius 3 is 2.83 bits per heavy atom. The second kappa shape index (κ2) is 4.81. The fourth-order valence-corrected chi connectivity index (χ4v) is 3.47. The van der Waals surface area contributed by atoms with Crippen LogP contribution in [-0.2, 0) is 6.42 Å². The topological polar surface area (TPSA) is 30.5 Å². The van der Waals surface area contributed by atoms with E-state index >= 15 is 0 Å². The zero-order valence-electron chi connectivity index (χ0n) is 11.2. The Kier molecular flexibility index (Phi) is 3.16. The highest BCUT2D eigenvalue weighted by Crippen LogP contribution is 2.42. The molecule has 98 valence electrons. The molecule has 3 heteroatoms. The van der Waals surface area contributed by atoms with Crippen molar-refractivity contribution in [3.05, 3.63) is 23.3 Å². The molecule has 2 atom stereocenters. The van der Waals surface area contributed by atoms with Crippen LogP contribution in [0.25, 0.3) is 0 Å². The van der Waals surface area contributed by atoms with E-state index in [0.717, 1.165) is 24.5 Å². The zero-order chi connectivity index (χ0) is 12.5. The van der Waals surface area contributed by atoms with Gasteiger partial charge in [-0.1, -0.05) is 0 Å². The third-order valence-electron chi connectivity index (χ3n) is 4.36. The monoisotopic (exact) mass is 247 g/mol. The first-order valence-corrected chi connectivity index (χ1v) is 6.81. The van der Waals surface area contributed by atoms with Crippen molar-refractivity contribution in [3.8, 4) is 11.5 Å². The maximum absolute atomic E-state index is 5.53. The van der Waals surface area contributed by atoms with Crippen LogP contribution in [-0.4, -0.2) is 26.8 Å². The fraction of sp³-hybridized carbons (Fsp3) is 0.600. The summed E-state index contributed by atoms with van der Waals surface area (Å²) in [5, 5.41) is 3.66. The van der Waals surface area contributed by atoms with Crippen molar-refractivity contribution in [3.63, 3.8) is 0 Å². The summed E-state index contributed by atoms with van der Waals surface area (Å²) in [5.41, 5.74) is 2.83. The Bertz CT molecular complexity index is 444. The molecule has 1 fully saturated rings. The predicted octanol–water partition coefficient (Wildman–Crippen LogP) is 2.49. The van der Waals surface area contributed by atoms with Gasteiger partial charge in [-0.15, -0.1) is 0 Å². The molecular weight excluding hydrogens is 226 g/mol. The molecule has 2 aliphatic rings. The normalized spacial score (nSPS) is 26.1. The highest BCUT2D eigenvalue weighted by atomic mass is 16.5. The molecule has 0 aromatic heterocycles. The molecule has 1 saturated heterocycles. The van der Waals surface area contributed by atoms with Crippen LogP contribution in [0.2, 0.25) is 0 Å². The smallest absolute Gasteiger partial charge is 0.126 e. The molecule has 0 amide bonds. The molecule has 1 N–H and O–H groups in total. The molecule has 1 aliphatic carbocycles. The number of ether oxygens (including phenoxy) is 2. The van der Waals surface area contributed by atoms with Crippen LogP contribution in [0.3, 0.4) is 0 Å². The average molecular weight is 247 g/mol. The number of hydrogen-bond donors (Lipinski definition) is 1. The van der Waals surface area contributed by atoms with Crippen molar-refractivity contribution in [2.75, 3.05) is 20.8 Å². The van der Waals surface area contributed by atoms with Crippen molar-refractivity contribution in [1.29, 1.82) is 0 Å². The molecule has 3 nitrogen and oxygen atoms in total. The summed E-state index contributed by atoms with van der Waals surface area (Å²) in [5.74, 6) is 2.54. The summed E-state index contributed by atoms with van der Waals surface area (Å²) >= 11 is 0. The van der Waals surface area contributed by atoms with Gasteiger partial charge >= 0.3 is 0 Å². The maximum atomic E-state index is 5.53. The van der Waals surface area contributed by atoms with Crippen molar-refractivity contribution in [1.82, 2.24) is 5.32 Å². The van der Waals surface area contributed by atoms with Crippen LogP contribution in [0, 0.1) is 0 Å². The third-order valence-corrected chi connectivity index (χ3v) is 4.36. The van der Waals surface area contributed by atoms with E-state index in [-0.39, 0.29) is 0 Å². The molecule has 0 spiro atoms. The highest BCUT2D eigenvalue weighted by Gasteiger charge is 2.33. The van der Waals surface area contributed by atoms with Gasteiger partial charge in [0.15, 0.2) is 0 Å². The van der Waals surface area contributed by atoms with Crippen LogP contribution < -0.4 is 14.8 Å². The summed E-state index contributed by atoms with van der Waals surface area (Å²) in [6.07, 6.45) is 4.87. The predicted molar refractivity (Wildman–Crippen MR) is 71.6 cm³/mol. The Morgan fingerprint density at radius 2 is 2.06 bits per heavy atom. The number of fused-ring (bicyclic) bond motifs is 3. The van der Waals surface area contributed by atoms with Gasteiger partial charge in [0.2, 0.25) is 0 Å². The van der Waals surface area contributed by atoms with Gasteiger partial charge in [0.05, 0.1) is 14.2 Å². The lowest BCUT2D eigenvalue weighted by Crippen LogP contribution is -2.42. The largest absolute Gasteiger partial charge is 0.497 e. The van der Waals surface area contributed by atoms with Crippen molar-refractivity contribution >= 4 is 0 Å². The van der Waals surface area contributed by atoms with E-state index < -0.39 is 0 Å². The Morgan fingerprint density at radius 1 is 1.17 bits per heavy atom. The third kappa shape index (κ3) is 1.87. The van der Waals surface area contributed by atoms with E-state index in [1.165, 1.54) is 30.4 Å². The lowest BCUT2D eigenvalue weighted by atomic mass is 9.75. The van der Waals surface area contributed by atoms with E-state index in [9.17, 15) is 0 Å². The first kappa shape index (κ1) is 11.8. The average Bonchev–Trinajstić information content (AvgIpc) is 2.45. The molecule has 0 radical (unpaired) electrons. The molecule has 18 heavy (non-hydrogen) atoms. The van der Waals surface area contributed by atoms with Gasteiger partial charge in [0.1, 0.15) is 11.5 Å². The Hall–Kier alpha value is -1.22. The van der Waals surface area contributed by atoms with Gasteiger partial charge in [-0.05, 0) is 55.3 Å². The molecule has 1 aromatic rings. The van der Waals surface area contributed by atoms with Gasteiger partial charge < -0.3 is 14.8 Å². The van der Waals surface area contributed by atoms with Crippen molar-refractivity contribution in [2.45, 2.75) is 37.6 Å². The van der Waals surface area contributed by atoms with Gasteiger partial charge in [-0.25, -0.2) is 0 Å². The van der Waals surface area contributed by atoms with E-state index in [2.05, 4.69) is 11.4 Å². The molecule has 1 aliphatic heterocycles. The summed E-state index contributed by atoms with van der Waals surface area (Å²) in [6, 6.07) is 4.86. The number of piperidine rings is 1. The molecule has 1 heterocycles. The lowest BCUT2D eigenvalue weighted by Gasteiger charge is -2.38. The minimum atomic E-state index is 0.631. The standard InChI is InChI=1S/C15H21NO2/c1-17-10-8-13-11-4-3-7-16-14(11)6-5-12(13)15(9-10)18-2/h8-9,11,14,16H,3-7H2,1-2H3/t11-,14+/m1/s1. The van der Waals surface area contributed by atoms with Crippen LogP contribution in [0.1, 0.15) is 36.3 Å². The minimum absolute atomic E-state index is 0.631. The summed E-state index contributed by atoms with van der Waals surface area (Å²) in [4.78, 5) is 0. The summed E-state index contributed by atoms with van der Waals surface area (Å²) in [6.45, 7) is 1.16. The van der Waals surface area contributed by atoms with Crippen LogP contribution in [0.5, 0.6) is 11.5 Å². The van der Waals surface area contributed by atoms with Gasteiger partial charge in [-0.2, -0.15) is 0 Å². The number of methoxy groups -OCH3 is 2. The SMILES string of the molecule is COc1cc(OC)c2c(c1)[C@H]1CCCN[C@H]1CC2. The van der Waals surface area contributed by atoms with Gasteiger partial charge in [0, 0.05) is 12.1 Å². The van der Waals surface area contributed by atoms with E-state index in [0.29, 0.717) is 12.0 Å². The molecule has 0 unspecified atom stereocenters. The minimum Gasteiger partial charge on any atom is -0.497 e. The van der Waals surface area contributed by atoms with Gasteiger partial charge in [0.25, 0.3) is 0 Å². The first-order chi connectivity index (χ1) is 8.83. The van der Waals surface area contributed by atoms with E-state index in [1.54, 1.807) is 14.2 Å². The molecule has 1 aromatic carbocycles. The number of hydrogen-bond acceptors (Lipinski definition) is 3. The Labute approximate surface area is 108 Å². The van der Waals surface area contributed by atoms with Crippen LogP contribution in [0.15, 0.2) is 12.1 Å². The van der Waals surface area contributed by atoms with Crippen LogP contribution in [0.4, 0.5) is 0 Å². The molecule has 0 bridgehead atoms. The van der Waals surface area contributed by atoms with Gasteiger partial charge in [-0.3, -0.25) is 0 Å². The van der Waals surface area contributed by atoms with Crippen molar-refractivity contribution in [2.24, 2.45) is 0 Å².